The Hall–Kier alpha value is -1.43. The summed E-state index contributed by atoms with van der Waals surface area (Å²) in [5.41, 5.74) is -0.518. The third-order valence-electron chi connectivity index (χ3n) is 3.86. The number of hydrogen-bond acceptors (Lipinski definition) is 6. The first-order valence-electron chi connectivity index (χ1n) is 7.62. The van der Waals surface area contributed by atoms with E-state index in [0.29, 0.717) is 24.9 Å². The summed E-state index contributed by atoms with van der Waals surface area (Å²) in [7, 11) is 0. The summed E-state index contributed by atoms with van der Waals surface area (Å²) in [6.45, 7) is 8.66. The van der Waals surface area contributed by atoms with Crippen LogP contribution in [-0.2, 0) is 19.9 Å². The van der Waals surface area contributed by atoms with Gasteiger partial charge in [-0.1, -0.05) is 19.0 Å². The molecule has 0 aliphatic carbocycles. The molecule has 0 amide bonds. The van der Waals surface area contributed by atoms with Crippen molar-refractivity contribution in [2.75, 3.05) is 13.2 Å². The highest BCUT2D eigenvalue weighted by Crippen LogP contribution is 2.34. The van der Waals surface area contributed by atoms with Gasteiger partial charge in [-0.05, 0) is 39.0 Å². The van der Waals surface area contributed by atoms with Gasteiger partial charge in [-0.2, -0.15) is 4.98 Å². The molecule has 0 saturated carbocycles. The Balaban J connectivity index is 2.22. The molecule has 6 nitrogen and oxygen atoms in total. The number of esters is 1. The van der Waals surface area contributed by atoms with Gasteiger partial charge in [0, 0.05) is 6.61 Å². The number of carbonyl (C=O) groups excluding carboxylic acids is 1. The zero-order valence-corrected chi connectivity index (χ0v) is 13.2. The number of carbonyl (C=O) groups is 1. The van der Waals surface area contributed by atoms with Gasteiger partial charge < -0.3 is 14.0 Å². The van der Waals surface area contributed by atoms with Gasteiger partial charge in [-0.25, -0.2) is 0 Å². The Morgan fingerprint density at radius 2 is 2.19 bits per heavy atom. The van der Waals surface area contributed by atoms with Crippen molar-refractivity contribution in [1.29, 1.82) is 0 Å². The Bertz CT molecular complexity index is 478. The van der Waals surface area contributed by atoms with Crippen molar-refractivity contribution < 1.29 is 18.8 Å². The van der Waals surface area contributed by atoms with Crippen LogP contribution in [0.15, 0.2) is 4.52 Å². The van der Waals surface area contributed by atoms with Gasteiger partial charge in [0.05, 0.1) is 6.61 Å². The summed E-state index contributed by atoms with van der Waals surface area (Å²) in [6.07, 6.45) is 2.99. The first-order valence-corrected chi connectivity index (χ1v) is 7.62. The van der Waals surface area contributed by atoms with Crippen molar-refractivity contribution in [3.05, 3.63) is 11.7 Å². The second-order valence-electron chi connectivity index (χ2n) is 5.97. The molecule has 118 valence electrons. The minimum absolute atomic E-state index is 0.0254. The van der Waals surface area contributed by atoms with E-state index >= 15 is 0 Å². The Morgan fingerprint density at radius 1 is 1.43 bits per heavy atom. The smallest absolute Gasteiger partial charge is 0.318 e. The monoisotopic (exact) mass is 296 g/mol. The van der Waals surface area contributed by atoms with Crippen molar-refractivity contribution in [3.8, 4) is 0 Å². The van der Waals surface area contributed by atoms with Crippen LogP contribution in [0.2, 0.25) is 0 Å². The number of nitrogens with zero attached hydrogens (tertiary/aromatic N) is 2. The standard InChI is InChI=1S/C15H24N2O4/c1-5-19-13(18)11(10(2)3)12-16-14(17-21-12)15(4)8-6-7-9-20-15/h10-11H,5-9H2,1-4H3. The number of hydrogen-bond donors (Lipinski definition) is 0. The van der Waals surface area contributed by atoms with E-state index in [1.807, 2.05) is 20.8 Å². The van der Waals surface area contributed by atoms with Gasteiger partial charge in [0.2, 0.25) is 11.7 Å². The minimum atomic E-state index is -0.529. The molecule has 0 bridgehead atoms. The summed E-state index contributed by atoms with van der Waals surface area (Å²) >= 11 is 0. The zero-order valence-electron chi connectivity index (χ0n) is 13.2. The van der Waals surface area contributed by atoms with Crippen molar-refractivity contribution in [2.24, 2.45) is 5.92 Å². The van der Waals surface area contributed by atoms with Crippen LogP contribution in [-0.4, -0.2) is 29.3 Å². The molecule has 21 heavy (non-hydrogen) atoms. The molecule has 0 spiro atoms. The molecule has 0 aromatic carbocycles. The molecule has 1 aliphatic rings. The Morgan fingerprint density at radius 3 is 2.76 bits per heavy atom. The second-order valence-corrected chi connectivity index (χ2v) is 5.97. The van der Waals surface area contributed by atoms with Crippen molar-refractivity contribution in [1.82, 2.24) is 10.1 Å². The second kappa shape index (κ2) is 6.56. The lowest BCUT2D eigenvalue weighted by molar-refractivity contribution is -0.146. The average Bonchev–Trinajstić information content (AvgIpc) is 2.90. The fourth-order valence-corrected chi connectivity index (χ4v) is 2.58. The molecule has 2 heterocycles. The molecule has 0 radical (unpaired) electrons. The molecule has 2 atom stereocenters. The molecular weight excluding hydrogens is 272 g/mol. The van der Waals surface area contributed by atoms with E-state index in [9.17, 15) is 4.79 Å². The van der Waals surface area contributed by atoms with Crippen LogP contribution in [0.5, 0.6) is 0 Å². The summed E-state index contributed by atoms with van der Waals surface area (Å²) < 4.78 is 16.2. The zero-order chi connectivity index (χ0) is 15.5. The Labute approximate surface area is 125 Å². The summed E-state index contributed by atoms with van der Waals surface area (Å²) in [5.74, 6) is 0.00855. The van der Waals surface area contributed by atoms with Gasteiger partial charge in [-0.3, -0.25) is 4.79 Å². The lowest BCUT2D eigenvalue weighted by Crippen LogP contribution is -2.31. The van der Waals surface area contributed by atoms with Crippen molar-refractivity contribution in [2.45, 2.75) is 58.5 Å². The molecule has 2 rings (SSSR count). The van der Waals surface area contributed by atoms with E-state index in [1.165, 1.54) is 0 Å². The molecule has 1 aromatic rings. The van der Waals surface area contributed by atoms with Crippen LogP contribution in [0, 0.1) is 5.92 Å². The van der Waals surface area contributed by atoms with E-state index in [4.69, 9.17) is 14.0 Å². The molecule has 6 heteroatoms. The van der Waals surface area contributed by atoms with Crippen molar-refractivity contribution >= 4 is 5.97 Å². The summed E-state index contributed by atoms with van der Waals surface area (Å²) in [6, 6.07) is 0. The number of aromatic nitrogens is 2. The van der Waals surface area contributed by atoms with E-state index < -0.39 is 11.5 Å². The van der Waals surface area contributed by atoms with E-state index in [0.717, 1.165) is 19.3 Å². The fourth-order valence-electron chi connectivity index (χ4n) is 2.58. The van der Waals surface area contributed by atoms with Crippen molar-refractivity contribution in [3.63, 3.8) is 0 Å². The van der Waals surface area contributed by atoms with Crippen LogP contribution < -0.4 is 0 Å². The number of rotatable bonds is 5. The summed E-state index contributed by atoms with van der Waals surface area (Å²) in [4.78, 5) is 16.5. The first kappa shape index (κ1) is 15.9. The lowest BCUT2D eigenvalue weighted by atomic mass is 9.94. The van der Waals surface area contributed by atoms with E-state index in [1.54, 1.807) is 6.92 Å². The van der Waals surface area contributed by atoms with Crippen LogP contribution >= 0.6 is 0 Å². The summed E-state index contributed by atoms with van der Waals surface area (Å²) in [5, 5.41) is 4.04. The molecule has 2 unspecified atom stereocenters. The van der Waals surface area contributed by atoms with Gasteiger partial charge >= 0.3 is 5.97 Å². The third kappa shape index (κ3) is 3.43. The van der Waals surface area contributed by atoms with Gasteiger partial charge in [0.1, 0.15) is 11.5 Å². The fraction of sp³-hybridized carbons (Fsp3) is 0.800. The minimum Gasteiger partial charge on any atom is -0.465 e. The molecular formula is C15H24N2O4. The maximum atomic E-state index is 12.1. The highest BCUT2D eigenvalue weighted by atomic mass is 16.5. The molecule has 1 saturated heterocycles. The Kier molecular flexibility index (Phi) is 4.98. The molecule has 1 aromatic heterocycles. The normalized spacial score (nSPS) is 24.0. The van der Waals surface area contributed by atoms with Gasteiger partial charge in [0.15, 0.2) is 0 Å². The van der Waals surface area contributed by atoms with Crippen LogP contribution in [0.4, 0.5) is 0 Å². The predicted molar refractivity (Wildman–Crippen MR) is 75.7 cm³/mol. The van der Waals surface area contributed by atoms with Gasteiger partial charge in [-0.15, -0.1) is 0 Å². The van der Waals surface area contributed by atoms with E-state index in [-0.39, 0.29) is 11.9 Å². The SMILES string of the molecule is CCOC(=O)C(c1nc(C2(C)CCCCO2)no1)C(C)C. The highest BCUT2D eigenvalue weighted by molar-refractivity contribution is 5.77. The predicted octanol–water partition coefficient (Wildman–Crippen LogP) is 2.79. The highest BCUT2D eigenvalue weighted by Gasteiger charge is 2.38. The molecule has 1 fully saturated rings. The molecule has 1 aliphatic heterocycles. The average molecular weight is 296 g/mol. The maximum Gasteiger partial charge on any atom is 0.318 e. The topological polar surface area (TPSA) is 74.5 Å². The molecule has 0 N–H and O–H groups in total. The van der Waals surface area contributed by atoms with Crippen LogP contribution in [0.25, 0.3) is 0 Å². The third-order valence-corrected chi connectivity index (χ3v) is 3.86. The quantitative estimate of drug-likeness (QED) is 0.778. The maximum absolute atomic E-state index is 12.1. The lowest BCUT2D eigenvalue weighted by Gasteiger charge is -2.30. The largest absolute Gasteiger partial charge is 0.465 e. The van der Waals surface area contributed by atoms with Gasteiger partial charge in [0.25, 0.3) is 0 Å². The first-order chi connectivity index (χ1) is 9.98. The van der Waals surface area contributed by atoms with Crippen LogP contribution in [0.3, 0.4) is 0 Å². The van der Waals surface area contributed by atoms with E-state index in [2.05, 4.69) is 10.1 Å². The van der Waals surface area contributed by atoms with Crippen LogP contribution in [0.1, 0.15) is 64.6 Å². The number of ether oxygens (including phenoxy) is 2.